The normalized spacial score (nSPS) is 20.3. The van der Waals surface area contributed by atoms with Crippen LogP contribution in [0.1, 0.15) is 23.7 Å². The molecule has 1 aromatic rings. The van der Waals surface area contributed by atoms with Gasteiger partial charge in [-0.1, -0.05) is 30.8 Å². The molecule has 8 heteroatoms. The first-order chi connectivity index (χ1) is 9.11. The molecular weight excluding hydrogens is 268 g/mol. The number of carbonyl (C=O) groups is 1. The van der Waals surface area contributed by atoms with Crippen molar-refractivity contribution in [1.29, 1.82) is 0 Å². The summed E-state index contributed by atoms with van der Waals surface area (Å²) in [5, 5.41) is 11.2. The summed E-state index contributed by atoms with van der Waals surface area (Å²) in [5.74, 6) is -0.655. The van der Waals surface area contributed by atoms with Crippen molar-refractivity contribution in [3.63, 3.8) is 0 Å². The van der Waals surface area contributed by atoms with Crippen LogP contribution >= 0.6 is 11.8 Å². The van der Waals surface area contributed by atoms with E-state index in [1.807, 2.05) is 6.92 Å². The molecule has 0 spiro atoms. The Morgan fingerprint density at radius 2 is 2.32 bits per heavy atom. The number of nitrogens with one attached hydrogen (secondary N) is 1. The van der Waals surface area contributed by atoms with E-state index in [-0.39, 0.29) is 16.6 Å². The third-order valence-corrected chi connectivity index (χ3v) is 3.57. The minimum Gasteiger partial charge on any atom is -0.266 e. The number of hydrogen-bond donors (Lipinski definition) is 1. The molecule has 1 aliphatic rings. The van der Waals surface area contributed by atoms with Crippen LogP contribution in [0.25, 0.3) is 0 Å². The fourth-order valence-corrected chi connectivity index (χ4v) is 2.26. The number of nitro benzene ring substituents is 1. The lowest BCUT2D eigenvalue weighted by molar-refractivity contribution is -0.385. The maximum absolute atomic E-state index is 11.9. The van der Waals surface area contributed by atoms with Gasteiger partial charge in [-0.2, -0.15) is 15.8 Å². The van der Waals surface area contributed by atoms with Gasteiger partial charge in [-0.05, 0) is 12.5 Å². The Hall–Kier alpha value is -1.93. The van der Waals surface area contributed by atoms with Crippen molar-refractivity contribution in [2.24, 2.45) is 4.99 Å². The van der Waals surface area contributed by atoms with Crippen LogP contribution in [-0.2, 0) is 0 Å². The maximum Gasteiger partial charge on any atom is 0.286 e. The molecule has 1 N–H and O–H groups in total. The summed E-state index contributed by atoms with van der Waals surface area (Å²) in [6.07, 6.45) is 0.840. The molecule has 0 bridgehead atoms. The Bertz CT molecular complexity index is 546. The molecule has 2 rings (SSSR count). The van der Waals surface area contributed by atoms with Crippen LogP contribution in [0.3, 0.4) is 0 Å². The number of amides is 1. The van der Waals surface area contributed by atoms with E-state index in [2.05, 4.69) is 15.8 Å². The number of nitro groups is 1. The topological polar surface area (TPSA) is 98.7 Å². The molecule has 1 aliphatic heterocycles. The molecule has 1 fully saturated rings. The van der Waals surface area contributed by atoms with Crippen LogP contribution in [0.5, 0.6) is 0 Å². The number of aliphatic imine (C=N–C) groups is 1. The highest BCUT2D eigenvalue weighted by molar-refractivity contribution is 8.14. The number of benzene rings is 1. The van der Waals surface area contributed by atoms with Gasteiger partial charge in [0.25, 0.3) is 11.6 Å². The van der Waals surface area contributed by atoms with Crippen molar-refractivity contribution < 1.29 is 9.72 Å². The molecule has 1 amide bonds. The number of carbonyl (C=O) groups excluding carboxylic acids is 1. The molecule has 1 radical (unpaired) electrons. The quantitative estimate of drug-likeness (QED) is 0.670. The molecule has 7 nitrogen and oxygen atoms in total. The number of amidine groups is 1. The van der Waals surface area contributed by atoms with E-state index in [1.165, 1.54) is 30.0 Å². The average Bonchev–Trinajstić information content (AvgIpc) is 2.86. The van der Waals surface area contributed by atoms with Crippen molar-refractivity contribution in [2.45, 2.75) is 18.7 Å². The van der Waals surface area contributed by atoms with E-state index >= 15 is 0 Å². The van der Waals surface area contributed by atoms with Crippen LogP contribution < -0.4 is 10.9 Å². The first-order valence-electron chi connectivity index (χ1n) is 5.61. The second kappa shape index (κ2) is 5.81. The third-order valence-electron chi connectivity index (χ3n) is 2.45. The molecule has 99 valence electrons. The lowest BCUT2D eigenvalue weighted by Crippen LogP contribution is -2.24. The molecule has 1 aromatic carbocycles. The van der Waals surface area contributed by atoms with E-state index in [1.54, 1.807) is 6.07 Å². The highest BCUT2D eigenvalue weighted by Gasteiger charge is 2.24. The van der Waals surface area contributed by atoms with Gasteiger partial charge in [0.2, 0.25) is 5.17 Å². The second-order valence-electron chi connectivity index (χ2n) is 3.73. The SMILES string of the molecule is CCC1N[N]C(=NC(=O)c2ccccc2[N+](=O)[O-])S1. The zero-order valence-corrected chi connectivity index (χ0v) is 10.9. The predicted molar refractivity (Wildman–Crippen MR) is 71.8 cm³/mol. The number of hydrogen-bond acceptors (Lipinski definition) is 5. The molecule has 1 atom stereocenters. The minimum atomic E-state index is -0.655. The van der Waals surface area contributed by atoms with Crippen LogP contribution in [0.4, 0.5) is 5.69 Å². The number of rotatable bonds is 3. The fraction of sp³-hybridized carbons (Fsp3) is 0.273. The largest absolute Gasteiger partial charge is 0.286 e. The zero-order valence-electron chi connectivity index (χ0n) is 10.1. The first kappa shape index (κ1) is 13.5. The highest BCUT2D eigenvalue weighted by atomic mass is 32.2. The van der Waals surface area contributed by atoms with E-state index in [0.29, 0.717) is 5.17 Å². The fourth-order valence-electron chi connectivity index (χ4n) is 1.49. The van der Waals surface area contributed by atoms with Gasteiger partial charge >= 0.3 is 0 Å². The third kappa shape index (κ3) is 3.09. The van der Waals surface area contributed by atoms with Gasteiger partial charge in [0.15, 0.2) is 0 Å². The summed E-state index contributed by atoms with van der Waals surface area (Å²) >= 11 is 1.33. The highest BCUT2D eigenvalue weighted by Crippen LogP contribution is 2.21. The lowest BCUT2D eigenvalue weighted by Gasteiger charge is -1.99. The van der Waals surface area contributed by atoms with Gasteiger partial charge in [0.1, 0.15) is 5.56 Å². The molecule has 0 aliphatic carbocycles. The molecule has 19 heavy (non-hydrogen) atoms. The van der Waals surface area contributed by atoms with E-state index in [4.69, 9.17) is 0 Å². The van der Waals surface area contributed by atoms with Gasteiger partial charge in [-0.15, -0.1) is 0 Å². The Morgan fingerprint density at radius 3 is 2.95 bits per heavy atom. The van der Waals surface area contributed by atoms with E-state index < -0.39 is 10.8 Å². The zero-order chi connectivity index (χ0) is 13.8. The number of nitrogens with zero attached hydrogens (tertiary/aromatic N) is 3. The molecule has 0 aromatic heterocycles. The van der Waals surface area contributed by atoms with Crippen LogP contribution in [0.2, 0.25) is 0 Å². The molecule has 0 saturated carbocycles. The number of para-hydroxylation sites is 1. The Labute approximate surface area is 113 Å². The van der Waals surface area contributed by atoms with Crippen molar-refractivity contribution in [1.82, 2.24) is 10.9 Å². The van der Waals surface area contributed by atoms with Crippen LogP contribution in [0.15, 0.2) is 29.3 Å². The van der Waals surface area contributed by atoms with Crippen LogP contribution in [0, 0.1) is 10.1 Å². The molecule has 1 unspecified atom stereocenters. The van der Waals surface area contributed by atoms with Crippen molar-refractivity contribution in [3.8, 4) is 0 Å². The van der Waals surface area contributed by atoms with Crippen molar-refractivity contribution in [2.75, 3.05) is 0 Å². The first-order valence-corrected chi connectivity index (χ1v) is 6.49. The predicted octanol–water partition coefficient (Wildman–Crippen LogP) is 1.68. The molecule has 1 heterocycles. The Kier molecular flexibility index (Phi) is 4.13. The van der Waals surface area contributed by atoms with Gasteiger partial charge < -0.3 is 0 Å². The second-order valence-corrected chi connectivity index (χ2v) is 4.90. The number of thioether (sulfide) groups is 1. The van der Waals surface area contributed by atoms with Crippen molar-refractivity contribution >= 4 is 28.5 Å². The smallest absolute Gasteiger partial charge is 0.266 e. The summed E-state index contributed by atoms with van der Waals surface area (Å²) in [7, 11) is 0. The monoisotopic (exact) mass is 279 g/mol. The average molecular weight is 279 g/mol. The maximum atomic E-state index is 11.9. The Balaban J connectivity index is 2.21. The summed E-state index contributed by atoms with van der Waals surface area (Å²) in [5.41, 5.74) is 6.44. The van der Waals surface area contributed by atoms with Gasteiger partial charge in [-0.25, -0.2) is 0 Å². The Morgan fingerprint density at radius 1 is 1.58 bits per heavy atom. The lowest BCUT2D eigenvalue weighted by atomic mass is 10.2. The minimum absolute atomic E-state index is 0.0317. The summed E-state index contributed by atoms with van der Waals surface area (Å²) in [6.45, 7) is 1.98. The summed E-state index contributed by atoms with van der Waals surface area (Å²) in [4.78, 5) is 26.0. The van der Waals surface area contributed by atoms with E-state index in [9.17, 15) is 14.9 Å². The van der Waals surface area contributed by atoms with Crippen LogP contribution in [-0.4, -0.2) is 21.4 Å². The summed E-state index contributed by atoms with van der Waals surface area (Å²) < 4.78 is 0. The van der Waals surface area contributed by atoms with E-state index in [0.717, 1.165) is 6.42 Å². The molecule has 1 saturated heterocycles. The molecular formula is C11H11N4O3S. The van der Waals surface area contributed by atoms with Gasteiger partial charge in [0, 0.05) is 6.07 Å². The van der Waals surface area contributed by atoms with Crippen molar-refractivity contribution in [3.05, 3.63) is 39.9 Å². The summed E-state index contributed by atoms with van der Waals surface area (Å²) in [6, 6.07) is 5.73. The van der Waals surface area contributed by atoms with Gasteiger partial charge in [-0.3, -0.25) is 14.9 Å². The van der Waals surface area contributed by atoms with Gasteiger partial charge in [0.05, 0.1) is 10.3 Å². The standard InChI is InChI=1S/C11H11N4O3S/c1-2-9-13-14-11(19-9)12-10(16)7-5-3-4-6-8(7)15(17)18/h3-6,9,13H,2H2,1H3.